The molecule has 1 saturated carbocycles. The lowest BCUT2D eigenvalue weighted by Gasteiger charge is -2.43. The quantitative estimate of drug-likeness (QED) is 0.790. The Bertz CT molecular complexity index is 650. The first kappa shape index (κ1) is 18.8. The SMILES string of the molecule is c1nc(N2CCN(C3CCC3)CC2)nc2c1CCN(CC1CCOCC1)CC2. The topological polar surface area (TPSA) is 44.7 Å². The van der Waals surface area contributed by atoms with Gasteiger partial charge in [-0.2, -0.15) is 0 Å². The number of ether oxygens (including phenoxy) is 1. The third-order valence-electron chi connectivity index (χ3n) is 7.35. The van der Waals surface area contributed by atoms with Crippen molar-refractivity contribution in [2.45, 2.75) is 51.0 Å². The molecular formula is C22H35N5O. The van der Waals surface area contributed by atoms with Crippen LogP contribution in [0.4, 0.5) is 5.95 Å². The van der Waals surface area contributed by atoms with E-state index in [0.29, 0.717) is 0 Å². The summed E-state index contributed by atoms with van der Waals surface area (Å²) in [6.45, 7) is 9.89. The van der Waals surface area contributed by atoms with E-state index in [4.69, 9.17) is 14.7 Å². The van der Waals surface area contributed by atoms with Crippen LogP contribution in [0.25, 0.3) is 0 Å². The van der Waals surface area contributed by atoms with E-state index in [9.17, 15) is 0 Å². The Morgan fingerprint density at radius 3 is 2.46 bits per heavy atom. The maximum absolute atomic E-state index is 5.52. The zero-order chi connectivity index (χ0) is 18.8. The average molecular weight is 386 g/mol. The van der Waals surface area contributed by atoms with Gasteiger partial charge >= 0.3 is 0 Å². The fraction of sp³-hybridized carbons (Fsp3) is 0.818. The van der Waals surface area contributed by atoms with Crippen molar-refractivity contribution in [3.63, 3.8) is 0 Å². The van der Waals surface area contributed by atoms with E-state index >= 15 is 0 Å². The first-order valence-corrected chi connectivity index (χ1v) is 11.5. The maximum Gasteiger partial charge on any atom is 0.225 e. The van der Waals surface area contributed by atoms with Crippen molar-refractivity contribution in [3.8, 4) is 0 Å². The molecule has 0 amide bonds. The Morgan fingerprint density at radius 1 is 0.929 bits per heavy atom. The highest BCUT2D eigenvalue weighted by atomic mass is 16.5. The molecule has 0 unspecified atom stereocenters. The van der Waals surface area contributed by atoms with Gasteiger partial charge in [0.2, 0.25) is 5.95 Å². The van der Waals surface area contributed by atoms with Crippen molar-refractivity contribution in [2.24, 2.45) is 5.92 Å². The molecule has 3 fully saturated rings. The molecule has 4 heterocycles. The van der Waals surface area contributed by atoms with Crippen LogP contribution >= 0.6 is 0 Å². The second kappa shape index (κ2) is 8.64. The molecule has 0 spiro atoms. The summed E-state index contributed by atoms with van der Waals surface area (Å²) in [5.41, 5.74) is 2.66. The van der Waals surface area contributed by atoms with Crippen molar-refractivity contribution >= 4 is 5.95 Å². The molecule has 6 heteroatoms. The Kier molecular flexibility index (Phi) is 5.79. The number of nitrogens with zero attached hydrogens (tertiary/aromatic N) is 5. The van der Waals surface area contributed by atoms with E-state index < -0.39 is 0 Å². The second-order valence-electron chi connectivity index (χ2n) is 9.11. The summed E-state index contributed by atoms with van der Waals surface area (Å²) in [4.78, 5) is 17.5. The van der Waals surface area contributed by atoms with Crippen LogP contribution in [0.5, 0.6) is 0 Å². The van der Waals surface area contributed by atoms with Crippen molar-refractivity contribution in [1.29, 1.82) is 0 Å². The molecule has 5 rings (SSSR count). The molecule has 1 aromatic rings. The van der Waals surface area contributed by atoms with Gasteiger partial charge in [-0.3, -0.25) is 4.90 Å². The van der Waals surface area contributed by atoms with Gasteiger partial charge in [0.25, 0.3) is 0 Å². The molecular weight excluding hydrogens is 350 g/mol. The number of aromatic nitrogens is 2. The van der Waals surface area contributed by atoms with Crippen LogP contribution in [-0.2, 0) is 17.6 Å². The Hall–Kier alpha value is -1.24. The van der Waals surface area contributed by atoms with Gasteiger partial charge in [-0.1, -0.05) is 6.42 Å². The Balaban J connectivity index is 1.17. The third-order valence-corrected chi connectivity index (χ3v) is 7.35. The van der Waals surface area contributed by atoms with Crippen molar-refractivity contribution < 1.29 is 4.74 Å². The highest BCUT2D eigenvalue weighted by Crippen LogP contribution is 2.26. The van der Waals surface area contributed by atoms with E-state index in [-0.39, 0.29) is 0 Å². The van der Waals surface area contributed by atoms with Crippen molar-refractivity contribution in [1.82, 2.24) is 19.8 Å². The van der Waals surface area contributed by atoms with Crippen LogP contribution < -0.4 is 4.90 Å². The van der Waals surface area contributed by atoms with E-state index in [0.717, 1.165) is 70.1 Å². The van der Waals surface area contributed by atoms with Gasteiger partial charge in [-0.15, -0.1) is 0 Å². The molecule has 0 aromatic carbocycles. The van der Waals surface area contributed by atoms with Crippen LogP contribution in [0.2, 0.25) is 0 Å². The van der Waals surface area contributed by atoms with Crippen LogP contribution in [-0.4, -0.2) is 84.8 Å². The lowest BCUT2D eigenvalue weighted by Crippen LogP contribution is -2.52. The molecule has 4 aliphatic rings. The Morgan fingerprint density at radius 2 is 1.71 bits per heavy atom. The summed E-state index contributed by atoms with van der Waals surface area (Å²) in [5.74, 6) is 1.77. The lowest BCUT2D eigenvalue weighted by atomic mass is 9.91. The summed E-state index contributed by atoms with van der Waals surface area (Å²) >= 11 is 0. The standard InChI is InChI=1S/C22H35N5O/c1-2-20(3-1)26-10-12-27(13-11-26)22-23-16-19-4-8-25(9-5-21(19)24-22)17-18-6-14-28-15-7-18/h16,18,20H,1-15,17H2. The highest BCUT2D eigenvalue weighted by molar-refractivity contribution is 5.34. The van der Waals surface area contributed by atoms with E-state index in [1.807, 2.05) is 0 Å². The summed E-state index contributed by atoms with van der Waals surface area (Å²) in [6.07, 6.45) is 10.9. The maximum atomic E-state index is 5.52. The number of anilines is 1. The minimum atomic E-state index is 0.809. The third kappa shape index (κ3) is 4.19. The molecule has 2 saturated heterocycles. The summed E-state index contributed by atoms with van der Waals surface area (Å²) in [6, 6.07) is 0.858. The van der Waals surface area contributed by atoms with Gasteiger partial charge in [0.05, 0.1) is 5.69 Å². The van der Waals surface area contributed by atoms with Gasteiger partial charge in [-0.05, 0) is 43.6 Å². The normalized spacial score (nSPS) is 25.9. The first-order chi connectivity index (χ1) is 13.8. The molecule has 1 aromatic heterocycles. The Labute approximate surface area is 169 Å². The fourth-order valence-corrected chi connectivity index (χ4v) is 5.18. The van der Waals surface area contributed by atoms with E-state index in [1.165, 1.54) is 63.0 Å². The van der Waals surface area contributed by atoms with Gasteiger partial charge in [0, 0.05) is 77.7 Å². The van der Waals surface area contributed by atoms with E-state index in [1.54, 1.807) is 0 Å². The zero-order valence-corrected chi connectivity index (χ0v) is 17.2. The van der Waals surface area contributed by atoms with Crippen LogP contribution in [0.15, 0.2) is 6.20 Å². The number of rotatable bonds is 4. The second-order valence-corrected chi connectivity index (χ2v) is 9.11. The molecule has 0 bridgehead atoms. The zero-order valence-electron chi connectivity index (χ0n) is 17.2. The largest absolute Gasteiger partial charge is 0.381 e. The molecule has 28 heavy (non-hydrogen) atoms. The molecule has 1 aliphatic carbocycles. The lowest BCUT2D eigenvalue weighted by molar-refractivity contribution is 0.0530. The van der Waals surface area contributed by atoms with Crippen LogP contribution in [0.1, 0.15) is 43.4 Å². The minimum absolute atomic E-state index is 0.809. The van der Waals surface area contributed by atoms with Gasteiger partial charge in [0.15, 0.2) is 0 Å². The van der Waals surface area contributed by atoms with Crippen molar-refractivity contribution in [3.05, 3.63) is 17.5 Å². The van der Waals surface area contributed by atoms with Crippen LogP contribution in [0.3, 0.4) is 0 Å². The molecule has 0 N–H and O–H groups in total. The van der Waals surface area contributed by atoms with E-state index in [2.05, 4.69) is 20.9 Å². The predicted octanol–water partition coefficient (Wildman–Crippen LogP) is 1.98. The summed E-state index contributed by atoms with van der Waals surface area (Å²) in [5, 5.41) is 0. The fourth-order valence-electron chi connectivity index (χ4n) is 5.18. The van der Waals surface area contributed by atoms with Crippen LogP contribution in [0, 0.1) is 5.92 Å². The highest BCUT2D eigenvalue weighted by Gasteiger charge is 2.29. The summed E-state index contributed by atoms with van der Waals surface area (Å²) in [7, 11) is 0. The first-order valence-electron chi connectivity index (χ1n) is 11.5. The number of piperazine rings is 1. The van der Waals surface area contributed by atoms with Gasteiger partial charge in [0.1, 0.15) is 0 Å². The summed E-state index contributed by atoms with van der Waals surface area (Å²) < 4.78 is 5.52. The number of hydrogen-bond acceptors (Lipinski definition) is 6. The number of hydrogen-bond donors (Lipinski definition) is 0. The smallest absolute Gasteiger partial charge is 0.225 e. The number of fused-ring (bicyclic) bond motifs is 1. The minimum Gasteiger partial charge on any atom is -0.381 e. The molecule has 154 valence electrons. The molecule has 0 atom stereocenters. The molecule has 0 radical (unpaired) electrons. The monoisotopic (exact) mass is 385 g/mol. The van der Waals surface area contributed by atoms with Gasteiger partial charge < -0.3 is 14.5 Å². The molecule has 3 aliphatic heterocycles. The van der Waals surface area contributed by atoms with Crippen molar-refractivity contribution in [2.75, 3.05) is 63.9 Å². The molecule has 6 nitrogen and oxygen atoms in total. The predicted molar refractivity (Wildman–Crippen MR) is 111 cm³/mol. The van der Waals surface area contributed by atoms with Gasteiger partial charge in [-0.25, -0.2) is 9.97 Å². The average Bonchev–Trinajstić information content (AvgIpc) is 2.90.